The molecular formula is C22H28ClN5OS. The average Bonchev–Trinajstić information content (AvgIpc) is 2.76. The van der Waals surface area contributed by atoms with Crippen LogP contribution in [0.5, 0.6) is 0 Å². The second kappa shape index (κ2) is 10.5. The monoisotopic (exact) mass is 445 g/mol. The van der Waals surface area contributed by atoms with Crippen LogP contribution in [-0.4, -0.2) is 78.0 Å². The molecule has 0 unspecified atom stereocenters. The maximum Gasteiger partial charge on any atom is 0.238 e. The van der Waals surface area contributed by atoms with Gasteiger partial charge < -0.3 is 10.2 Å². The van der Waals surface area contributed by atoms with E-state index in [0.717, 1.165) is 57.3 Å². The van der Waals surface area contributed by atoms with E-state index in [-0.39, 0.29) is 5.91 Å². The van der Waals surface area contributed by atoms with Crippen molar-refractivity contribution in [1.29, 1.82) is 0 Å². The number of hydrogen-bond acceptors (Lipinski definition) is 6. The maximum atomic E-state index is 12.6. The summed E-state index contributed by atoms with van der Waals surface area (Å²) in [6, 6.07) is 12.0. The van der Waals surface area contributed by atoms with Gasteiger partial charge in [0.2, 0.25) is 5.91 Å². The van der Waals surface area contributed by atoms with Gasteiger partial charge in [-0.1, -0.05) is 23.7 Å². The zero-order chi connectivity index (χ0) is 20.8. The van der Waals surface area contributed by atoms with Crippen molar-refractivity contribution >= 4 is 40.8 Å². The van der Waals surface area contributed by atoms with Crippen molar-refractivity contribution in [3.05, 3.63) is 53.2 Å². The molecule has 2 saturated heterocycles. The Hall–Kier alpha value is -1.80. The number of hydrogen-bond donors (Lipinski definition) is 1. The van der Waals surface area contributed by atoms with Gasteiger partial charge in [-0.05, 0) is 29.8 Å². The molecule has 0 spiro atoms. The van der Waals surface area contributed by atoms with E-state index < -0.39 is 0 Å². The Kier molecular flexibility index (Phi) is 7.49. The summed E-state index contributed by atoms with van der Waals surface area (Å²) in [6.07, 6.45) is 1.68. The van der Waals surface area contributed by atoms with Gasteiger partial charge in [-0.15, -0.1) is 0 Å². The molecular weight excluding hydrogens is 418 g/mol. The largest absolute Gasteiger partial charge is 0.354 e. The van der Waals surface area contributed by atoms with Crippen molar-refractivity contribution in [2.24, 2.45) is 0 Å². The Balaban J connectivity index is 1.24. The van der Waals surface area contributed by atoms with Crippen molar-refractivity contribution in [3.63, 3.8) is 0 Å². The number of thioether (sulfide) groups is 1. The molecule has 3 heterocycles. The summed E-state index contributed by atoms with van der Waals surface area (Å²) >= 11 is 7.94. The summed E-state index contributed by atoms with van der Waals surface area (Å²) < 4.78 is 0. The minimum absolute atomic E-state index is 0.0413. The molecule has 6 nitrogen and oxygen atoms in total. The number of rotatable bonds is 6. The second-order valence-corrected chi connectivity index (χ2v) is 9.40. The molecule has 1 N–H and O–H groups in total. The third-order valence-corrected chi connectivity index (χ3v) is 6.66. The van der Waals surface area contributed by atoms with Gasteiger partial charge in [0, 0.05) is 69.2 Å². The molecule has 0 saturated carbocycles. The highest BCUT2D eigenvalue weighted by atomic mass is 35.5. The Morgan fingerprint density at radius 2 is 1.83 bits per heavy atom. The number of halogens is 1. The second-order valence-electron chi connectivity index (χ2n) is 7.73. The van der Waals surface area contributed by atoms with Crippen molar-refractivity contribution < 1.29 is 4.79 Å². The van der Waals surface area contributed by atoms with Crippen LogP contribution in [0.15, 0.2) is 42.6 Å². The highest BCUT2D eigenvalue weighted by molar-refractivity contribution is 7.99. The van der Waals surface area contributed by atoms with E-state index in [1.807, 2.05) is 36.0 Å². The number of amides is 1. The zero-order valence-electron chi connectivity index (χ0n) is 17.1. The number of carbonyl (C=O) groups is 1. The molecule has 0 bridgehead atoms. The predicted octanol–water partition coefficient (Wildman–Crippen LogP) is 3.04. The lowest BCUT2D eigenvalue weighted by Crippen LogP contribution is -2.48. The summed E-state index contributed by atoms with van der Waals surface area (Å²) in [5.41, 5.74) is 2.14. The van der Waals surface area contributed by atoms with Crippen LogP contribution in [-0.2, 0) is 11.3 Å². The number of nitrogens with one attached hydrogen (secondary N) is 1. The third kappa shape index (κ3) is 6.11. The summed E-state index contributed by atoms with van der Waals surface area (Å²) in [6.45, 7) is 7.02. The van der Waals surface area contributed by atoms with Gasteiger partial charge in [-0.2, -0.15) is 11.8 Å². The minimum Gasteiger partial charge on any atom is -0.354 e. The highest BCUT2D eigenvalue weighted by Gasteiger charge is 2.20. The van der Waals surface area contributed by atoms with Gasteiger partial charge in [-0.3, -0.25) is 14.6 Å². The van der Waals surface area contributed by atoms with Crippen LogP contribution in [0.1, 0.15) is 5.56 Å². The van der Waals surface area contributed by atoms with Crippen molar-refractivity contribution in [2.75, 3.05) is 67.5 Å². The maximum absolute atomic E-state index is 12.6. The molecule has 2 aliphatic heterocycles. The Labute approximate surface area is 187 Å². The van der Waals surface area contributed by atoms with E-state index >= 15 is 0 Å². The average molecular weight is 446 g/mol. The van der Waals surface area contributed by atoms with E-state index in [1.165, 1.54) is 17.1 Å². The molecule has 2 aromatic rings. The fraction of sp³-hybridized carbons (Fsp3) is 0.455. The van der Waals surface area contributed by atoms with Crippen LogP contribution in [0.25, 0.3) is 0 Å². The molecule has 0 atom stereocenters. The lowest BCUT2D eigenvalue weighted by Gasteiger charge is -2.35. The van der Waals surface area contributed by atoms with E-state index in [1.54, 1.807) is 6.20 Å². The first-order chi connectivity index (χ1) is 14.7. The first-order valence-electron chi connectivity index (χ1n) is 10.4. The minimum atomic E-state index is 0.0413. The SMILES string of the molecule is O=C(CN1CCN(c2ccc(Cl)cn2)CC1)Nc1cccc(CN2CCSCC2)c1. The molecule has 4 rings (SSSR count). The van der Waals surface area contributed by atoms with Crippen LogP contribution in [0, 0.1) is 0 Å². The van der Waals surface area contributed by atoms with Gasteiger partial charge >= 0.3 is 0 Å². The molecule has 1 aromatic heterocycles. The van der Waals surface area contributed by atoms with E-state index in [4.69, 9.17) is 11.6 Å². The number of pyridine rings is 1. The van der Waals surface area contributed by atoms with Crippen LogP contribution < -0.4 is 10.2 Å². The van der Waals surface area contributed by atoms with Gasteiger partial charge in [0.25, 0.3) is 0 Å². The smallest absolute Gasteiger partial charge is 0.238 e. The lowest BCUT2D eigenvalue weighted by atomic mass is 10.2. The van der Waals surface area contributed by atoms with Gasteiger partial charge in [-0.25, -0.2) is 4.98 Å². The number of nitrogens with zero attached hydrogens (tertiary/aromatic N) is 4. The molecule has 1 aromatic carbocycles. The predicted molar refractivity (Wildman–Crippen MR) is 126 cm³/mol. The number of aromatic nitrogens is 1. The summed E-state index contributed by atoms with van der Waals surface area (Å²) in [5.74, 6) is 3.39. The van der Waals surface area contributed by atoms with Crippen LogP contribution >= 0.6 is 23.4 Å². The standard InChI is InChI=1S/C22H28ClN5OS/c23-19-4-5-21(24-15-19)28-8-6-26(7-9-28)17-22(29)25-20-3-1-2-18(14-20)16-27-10-12-30-13-11-27/h1-5,14-15H,6-13,16-17H2,(H,25,29). The van der Waals surface area contributed by atoms with Crippen molar-refractivity contribution in [3.8, 4) is 0 Å². The normalized spacial score (nSPS) is 18.4. The van der Waals surface area contributed by atoms with E-state index in [0.29, 0.717) is 11.6 Å². The number of piperazine rings is 1. The molecule has 0 aliphatic carbocycles. The topological polar surface area (TPSA) is 51.7 Å². The molecule has 160 valence electrons. The Morgan fingerprint density at radius 1 is 1.03 bits per heavy atom. The molecule has 30 heavy (non-hydrogen) atoms. The fourth-order valence-corrected chi connectivity index (χ4v) is 4.95. The van der Waals surface area contributed by atoms with Crippen molar-refractivity contribution in [1.82, 2.24) is 14.8 Å². The summed E-state index contributed by atoms with van der Waals surface area (Å²) in [4.78, 5) is 23.8. The number of anilines is 2. The molecule has 8 heteroatoms. The Bertz CT molecular complexity index is 836. The van der Waals surface area contributed by atoms with E-state index in [9.17, 15) is 4.79 Å². The van der Waals surface area contributed by atoms with Gasteiger partial charge in [0.15, 0.2) is 0 Å². The number of carbonyl (C=O) groups excluding carboxylic acids is 1. The molecule has 1 amide bonds. The molecule has 2 aliphatic rings. The quantitative estimate of drug-likeness (QED) is 0.737. The third-order valence-electron chi connectivity index (χ3n) is 5.50. The molecule has 0 radical (unpaired) electrons. The fourth-order valence-electron chi connectivity index (χ4n) is 3.86. The first kappa shape index (κ1) is 21.4. The van der Waals surface area contributed by atoms with Crippen molar-refractivity contribution in [2.45, 2.75) is 6.54 Å². The highest BCUT2D eigenvalue weighted by Crippen LogP contribution is 2.18. The van der Waals surface area contributed by atoms with Crippen LogP contribution in [0.4, 0.5) is 11.5 Å². The van der Waals surface area contributed by atoms with Gasteiger partial charge in [0.05, 0.1) is 11.6 Å². The summed E-state index contributed by atoms with van der Waals surface area (Å²) in [5, 5.41) is 3.72. The summed E-state index contributed by atoms with van der Waals surface area (Å²) in [7, 11) is 0. The molecule has 2 fully saturated rings. The first-order valence-corrected chi connectivity index (χ1v) is 12.0. The van der Waals surface area contributed by atoms with Crippen LogP contribution in [0.2, 0.25) is 5.02 Å². The number of benzene rings is 1. The zero-order valence-corrected chi connectivity index (χ0v) is 18.7. The van der Waals surface area contributed by atoms with Crippen LogP contribution in [0.3, 0.4) is 0 Å². The van der Waals surface area contributed by atoms with E-state index in [2.05, 4.69) is 37.1 Å². The van der Waals surface area contributed by atoms with Gasteiger partial charge in [0.1, 0.15) is 5.82 Å². The Morgan fingerprint density at radius 3 is 2.57 bits per heavy atom. The lowest BCUT2D eigenvalue weighted by molar-refractivity contribution is -0.117.